The molecule has 2 rings (SSSR count). The van der Waals surface area contributed by atoms with Crippen LogP contribution in [-0.2, 0) is 0 Å². The number of anilines is 1. The second-order valence-electron chi connectivity index (χ2n) is 3.88. The largest absolute Gasteiger partial charge is 0.334 e. The molecule has 0 saturated carbocycles. The van der Waals surface area contributed by atoms with Gasteiger partial charge in [-0.25, -0.2) is 0 Å². The van der Waals surface area contributed by atoms with Crippen molar-refractivity contribution in [1.82, 2.24) is 0 Å². The molecule has 0 spiro atoms. The zero-order chi connectivity index (χ0) is 12.3. The maximum Gasteiger partial charge on any atom is 0.161 e. The van der Waals surface area contributed by atoms with Crippen LogP contribution in [0.25, 0.3) is 0 Å². The van der Waals surface area contributed by atoms with E-state index in [1.165, 1.54) is 6.42 Å². The summed E-state index contributed by atoms with van der Waals surface area (Å²) in [5.74, 6) is 1.13. The zero-order valence-electron chi connectivity index (χ0n) is 9.54. The summed E-state index contributed by atoms with van der Waals surface area (Å²) in [4.78, 5) is 4.67. The summed E-state index contributed by atoms with van der Waals surface area (Å²) in [7, 11) is 0. The lowest BCUT2D eigenvalue weighted by molar-refractivity contribution is 0.634. The van der Waals surface area contributed by atoms with Gasteiger partial charge < -0.3 is 5.32 Å². The maximum atomic E-state index is 5.98. The molecule has 1 aromatic rings. The molecule has 0 fully saturated rings. The molecule has 1 atom stereocenters. The molecule has 1 aliphatic heterocycles. The van der Waals surface area contributed by atoms with E-state index >= 15 is 0 Å². The Morgan fingerprint density at radius 2 is 2.41 bits per heavy atom. The minimum Gasteiger partial charge on any atom is -0.334 e. The Bertz CT molecular complexity index is 437. The minimum atomic E-state index is 0.455. The van der Waals surface area contributed by atoms with E-state index in [4.69, 9.17) is 11.6 Å². The molecule has 0 aliphatic carbocycles. The highest BCUT2D eigenvalue weighted by molar-refractivity contribution is 9.10. The maximum absolute atomic E-state index is 5.98. The average Bonchev–Trinajstić information content (AvgIpc) is 2.34. The first-order valence-corrected chi connectivity index (χ1v) is 7.77. The van der Waals surface area contributed by atoms with Crippen LogP contribution in [0.1, 0.15) is 19.8 Å². The van der Waals surface area contributed by atoms with Crippen molar-refractivity contribution in [1.29, 1.82) is 0 Å². The Balaban J connectivity index is 2.15. The Kier molecular flexibility index (Phi) is 4.77. The van der Waals surface area contributed by atoms with Crippen molar-refractivity contribution in [2.75, 3.05) is 11.1 Å². The fraction of sp³-hybridized carbons (Fsp3) is 0.417. The van der Waals surface area contributed by atoms with Crippen molar-refractivity contribution in [3.63, 3.8) is 0 Å². The second kappa shape index (κ2) is 6.12. The normalized spacial score (nSPS) is 19.9. The highest BCUT2D eigenvalue weighted by Crippen LogP contribution is 2.28. The molecule has 1 unspecified atom stereocenters. The van der Waals surface area contributed by atoms with Crippen LogP contribution in [0.2, 0.25) is 5.02 Å². The summed E-state index contributed by atoms with van der Waals surface area (Å²) in [6, 6.07) is 6.17. The van der Waals surface area contributed by atoms with E-state index in [0.717, 1.165) is 32.5 Å². The molecule has 1 aliphatic rings. The van der Waals surface area contributed by atoms with Gasteiger partial charge in [0.25, 0.3) is 0 Å². The molecular weight excluding hydrogens is 320 g/mol. The fourth-order valence-electron chi connectivity index (χ4n) is 1.63. The lowest BCUT2D eigenvalue weighted by Crippen LogP contribution is -2.19. The number of hydrogen-bond acceptors (Lipinski definition) is 3. The number of amidine groups is 1. The van der Waals surface area contributed by atoms with E-state index in [2.05, 4.69) is 33.2 Å². The van der Waals surface area contributed by atoms with Crippen molar-refractivity contribution >= 4 is 50.1 Å². The molecule has 1 N–H and O–H groups in total. The summed E-state index contributed by atoms with van der Waals surface area (Å²) >= 11 is 11.3. The first kappa shape index (κ1) is 13.2. The van der Waals surface area contributed by atoms with Gasteiger partial charge in [0.05, 0.1) is 11.7 Å². The van der Waals surface area contributed by atoms with Gasteiger partial charge in [-0.15, -0.1) is 0 Å². The molecule has 17 heavy (non-hydrogen) atoms. The van der Waals surface area contributed by atoms with E-state index in [0.29, 0.717) is 6.04 Å². The molecule has 0 bridgehead atoms. The minimum absolute atomic E-state index is 0.455. The molecule has 1 heterocycles. The van der Waals surface area contributed by atoms with Crippen LogP contribution < -0.4 is 5.32 Å². The van der Waals surface area contributed by atoms with Crippen molar-refractivity contribution in [3.05, 3.63) is 27.7 Å². The van der Waals surface area contributed by atoms with Crippen molar-refractivity contribution in [2.45, 2.75) is 25.8 Å². The predicted molar refractivity (Wildman–Crippen MR) is 81.4 cm³/mol. The zero-order valence-corrected chi connectivity index (χ0v) is 12.7. The number of halogens is 2. The fourth-order valence-corrected chi connectivity index (χ4v) is 3.14. The number of nitrogens with one attached hydrogen (secondary N) is 1. The summed E-state index contributed by atoms with van der Waals surface area (Å²) in [6.45, 7) is 2.18. The summed E-state index contributed by atoms with van der Waals surface area (Å²) in [5.41, 5.74) is 0.973. The highest BCUT2D eigenvalue weighted by Gasteiger charge is 2.14. The summed E-state index contributed by atoms with van der Waals surface area (Å²) in [5, 5.41) is 5.05. The lowest BCUT2D eigenvalue weighted by Gasteiger charge is -2.20. The Morgan fingerprint density at radius 1 is 1.59 bits per heavy atom. The van der Waals surface area contributed by atoms with Crippen LogP contribution in [-0.4, -0.2) is 17.0 Å². The van der Waals surface area contributed by atoms with Crippen LogP contribution in [0.15, 0.2) is 27.7 Å². The molecule has 0 saturated heterocycles. The summed E-state index contributed by atoms with van der Waals surface area (Å²) in [6.07, 6.45) is 2.27. The Labute approximate surface area is 119 Å². The lowest BCUT2D eigenvalue weighted by atomic mass is 10.2. The molecule has 2 nitrogen and oxygen atoms in total. The van der Waals surface area contributed by atoms with Gasteiger partial charge in [-0.2, -0.15) is 0 Å². The van der Waals surface area contributed by atoms with Gasteiger partial charge in [-0.1, -0.05) is 30.3 Å². The molecule has 0 amide bonds. The first-order chi connectivity index (χ1) is 8.19. The van der Waals surface area contributed by atoms with Crippen LogP contribution in [0.4, 0.5) is 5.69 Å². The van der Waals surface area contributed by atoms with Gasteiger partial charge in [0.2, 0.25) is 0 Å². The average molecular weight is 334 g/mol. The smallest absolute Gasteiger partial charge is 0.161 e. The number of rotatable bonds is 2. The predicted octanol–water partition coefficient (Wildman–Crippen LogP) is 4.79. The van der Waals surface area contributed by atoms with Crippen LogP contribution >= 0.6 is 39.3 Å². The third-order valence-electron chi connectivity index (χ3n) is 2.63. The Morgan fingerprint density at radius 3 is 3.18 bits per heavy atom. The standard InChI is InChI=1S/C12H14BrClN2S/c1-2-9-5-6-17-12(15-9)16-11-7-8(14)3-4-10(11)13/h3-4,7,9H,2,5-6H2,1H3,(H,15,16). The van der Waals surface area contributed by atoms with Crippen molar-refractivity contribution in [3.8, 4) is 0 Å². The number of hydrogen-bond donors (Lipinski definition) is 1. The van der Waals surface area contributed by atoms with Crippen molar-refractivity contribution < 1.29 is 0 Å². The van der Waals surface area contributed by atoms with Crippen LogP contribution in [0.5, 0.6) is 0 Å². The molecule has 0 radical (unpaired) electrons. The molecular formula is C12H14BrClN2S. The van der Waals surface area contributed by atoms with Gasteiger partial charge in [-0.3, -0.25) is 4.99 Å². The number of aliphatic imine (C=N–C) groups is 1. The quantitative estimate of drug-likeness (QED) is 0.842. The number of thioether (sulfide) groups is 1. The van der Waals surface area contributed by atoms with Crippen LogP contribution in [0.3, 0.4) is 0 Å². The topological polar surface area (TPSA) is 24.4 Å². The Hall–Kier alpha value is -0.190. The molecule has 5 heteroatoms. The van der Waals surface area contributed by atoms with Crippen molar-refractivity contribution in [2.24, 2.45) is 4.99 Å². The van der Waals surface area contributed by atoms with Gasteiger partial charge in [-0.05, 0) is 47.0 Å². The van der Waals surface area contributed by atoms with Gasteiger partial charge in [0, 0.05) is 15.2 Å². The van der Waals surface area contributed by atoms with E-state index in [1.807, 2.05) is 18.2 Å². The number of nitrogens with zero attached hydrogens (tertiary/aromatic N) is 1. The number of benzene rings is 1. The second-order valence-corrected chi connectivity index (χ2v) is 6.26. The summed E-state index contributed by atoms with van der Waals surface area (Å²) < 4.78 is 1.00. The van der Waals surface area contributed by atoms with E-state index in [-0.39, 0.29) is 0 Å². The van der Waals surface area contributed by atoms with Gasteiger partial charge >= 0.3 is 0 Å². The molecule has 1 aromatic carbocycles. The van der Waals surface area contributed by atoms with Crippen LogP contribution in [0, 0.1) is 0 Å². The van der Waals surface area contributed by atoms with E-state index < -0.39 is 0 Å². The molecule has 0 aromatic heterocycles. The van der Waals surface area contributed by atoms with Gasteiger partial charge in [0.1, 0.15) is 0 Å². The first-order valence-electron chi connectivity index (χ1n) is 5.61. The van der Waals surface area contributed by atoms with E-state index in [1.54, 1.807) is 11.8 Å². The third-order valence-corrected chi connectivity index (χ3v) is 4.48. The third kappa shape index (κ3) is 3.63. The van der Waals surface area contributed by atoms with Gasteiger partial charge in [0.15, 0.2) is 5.17 Å². The molecule has 92 valence electrons. The monoisotopic (exact) mass is 332 g/mol. The van der Waals surface area contributed by atoms with E-state index in [9.17, 15) is 0 Å². The highest BCUT2D eigenvalue weighted by atomic mass is 79.9. The SMILES string of the molecule is CCC1CCSC(Nc2cc(Cl)ccc2Br)=N1.